The Kier molecular flexibility index (Phi) is 3.20. The van der Waals surface area contributed by atoms with E-state index < -0.39 is 11.4 Å². The number of carboxylic acids is 1. The highest BCUT2D eigenvalue weighted by Gasteiger charge is 2.44. The lowest BCUT2D eigenvalue weighted by molar-refractivity contribution is -0.146. The normalized spacial score (nSPS) is 18.1. The average Bonchev–Trinajstić information content (AvgIpc) is 2.39. The van der Waals surface area contributed by atoms with Crippen LogP contribution in [-0.4, -0.2) is 16.9 Å². The van der Waals surface area contributed by atoms with E-state index in [2.05, 4.69) is 5.92 Å². The average molecular weight is 242 g/mol. The van der Waals surface area contributed by atoms with Gasteiger partial charge in [-0.3, -0.25) is 9.59 Å². The van der Waals surface area contributed by atoms with E-state index >= 15 is 0 Å². The fourth-order valence-corrected chi connectivity index (χ4v) is 2.58. The second-order valence-electron chi connectivity index (χ2n) is 4.62. The highest BCUT2D eigenvalue weighted by molar-refractivity contribution is 5.88. The van der Waals surface area contributed by atoms with Crippen LogP contribution in [0.2, 0.25) is 0 Å². The van der Waals surface area contributed by atoms with Gasteiger partial charge in [-0.25, -0.2) is 0 Å². The molecule has 0 saturated heterocycles. The van der Waals surface area contributed by atoms with Gasteiger partial charge in [-0.1, -0.05) is 24.1 Å². The molecule has 0 aliphatic heterocycles. The first-order valence-corrected chi connectivity index (χ1v) is 5.91. The number of hydrogen-bond acceptors (Lipinski definition) is 2. The van der Waals surface area contributed by atoms with Crippen LogP contribution in [0.1, 0.15) is 36.8 Å². The monoisotopic (exact) mass is 242 g/mol. The number of benzene rings is 1. The Morgan fingerprint density at radius 2 is 1.89 bits per heavy atom. The summed E-state index contributed by atoms with van der Waals surface area (Å²) in [5.41, 5.74) is 0.262. The molecule has 0 atom stereocenters. The number of terminal acetylenes is 1. The van der Waals surface area contributed by atoms with Crippen LogP contribution >= 0.6 is 0 Å². The van der Waals surface area contributed by atoms with Gasteiger partial charge in [0.2, 0.25) is 0 Å². The third kappa shape index (κ3) is 1.91. The molecule has 1 fully saturated rings. The molecule has 3 nitrogen and oxygen atoms in total. The number of rotatable bonds is 2. The quantitative estimate of drug-likeness (QED) is 0.808. The molecule has 18 heavy (non-hydrogen) atoms. The number of ketones is 1. The molecular formula is C15H14O3. The second-order valence-corrected chi connectivity index (χ2v) is 4.62. The van der Waals surface area contributed by atoms with Crippen LogP contribution in [0.4, 0.5) is 0 Å². The highest BCUT2D eigenvalue weighted by Crippen LogP contribution is 2.40. The van der Waals surface area contributed by atoms with Crippen molar-refractivity contribution >= 4 is 11.8 Å². The lowest BCUT2D eigenvalue weighted by Crippen LogP contribution is -2.40. The Bertz CT molecular complexity index is 527. The molecule has 0 bridgehead atoms. The van der Waals surface area contributed by atoms with Gasteiger partial charge in [-0.05, 0) is 24.5 Å². The Labute approximate surface area is 106 Å². The number of carboxylic acid groups (broad SMARTS) is 1. The van der Waals surface area contributed by atoms with E-state index in [9.17, 15) is 14.7 Å². The molecule has 0 radical (unpaired) electrons. The van der Waals surface area contributed by atoms with Gasteiger partial charge < -0.3 is 5.11 Å². The number of hydrogen-bond donors (Lipinski definition) is 1. The standard InChI is InChI=1S/C15H14O3/c1-2-11-5-3-4-6-13(11)15(14(17)18)9-7-12(16)8-10-15/h1,3-6H,7-10H2,(H,17,18). The summed E-state index contributed by atoms with van der Waals surface area (Å²) in [7, 11) is 0. The van der Waals surface area contributed by atoms with Gasteiger partial charge >= 0.3 is 5.97 Å². The zero-order valence-corrected chi connectivity index (χ0v) is 9.98. The van der Waals surface area contributed by atoms with E-state index in [4.69, 9.17) is 6.42 Å². The maximum Gasteiger partial charge on any atom is 0.314 e. The molecule has 1 saturated carbocycles. The highest BCUT2D eigenvalue weighted by atomic mass is 16.4. The van der Waals surface area contributed by atoms with Gasteiger partial charge in [-0.2, -0.15) is 0 Å². The summed E-state index contributed by atoms with van der Waals surface area (Å²) < 4.78 is 0. The fourth-order valence-electron chi connectivity index (χ4n) is 2.58. The van der Waals surface area contributed by atoms with E-state index in [1.807, 2.05) is 0 Å². The molecule has 1 aromatic rings. The molecule has 0 amide bonds. The molecule has 92 valence electrons. The number of carbonyl (C=O) groups is 2. The van der Waals surface area contributed by atoms with Crippen molar-refractivity contribution in [1.29, 1.82) is 0 Å². The number of Topliss-reactive ketones (excluding diaryl/α,β-unsaturated/α-hetero) is 1. The van der Waals surface area contributed by atoms with E-state index in [1.165, 1.54) is 0 Å². The Morgan fingerprint density at radius 1 is 1.28 bits per heavy atom. The van der Waals surface area contributed by atoms with Crippen LogP contribution in [0, 0.1) is 12.3 Å². The van der Waals surface area contributed by atoms with Crippen LogP contribution < -0.4 is 0 Å². The van der Waals surface area contributed by atoms with Gasteiger partial charge in [0.05, 0.1) is 5.41 Å². The van der Waals surface area contributed by atoms with E-state index in [0.717, 1.165) is 0 Å². The van der Waals surface area contributed by atoms with Crippen molar-refractivity contribution in [2.45, 2.75) is 31.1 Å². The molecule has 1 N–H and O–H groups in total. The van der Waals surface area contributed by atoms with E-state index in [1.54, 1.807) is 24.3 Å². The minimum Gasteiger partial charge on any atom is -0.481 e. The summed E-state index contributed by atoms with van der Waals surface area (Å²) >= 11 is 0. The van der Waals surface area contributed by atoms with Crippen LogP contribution in [0.5, 0.6) is 0 Å². The molecule has 0 heterocycles. The predicted molar refractivity (Wildman–Crippen MR) is 67.2 cm³/mol. The van der Waals surface area contributed by atoms with Crippen molar-refractivity contribution in [3.8, 4) is 12.3 Å². The maximum atomic E-state index is 11.7. The van der Waals surface area contributed by atoms with Gasteiger partial charge in [-0.15, -0.1) is 6.42 Å². The summed E-state index contributed by atoms with van der Waals surface area (Å²) in [6.45, 7) is 0. The van der Waals surface area contributed by atoms with Crippen molar-refractivity contribution in [1.82, 2.24) is 0 Å². The summed E-state index contributed by atoms with van der Waals surface area (Å²) in [4.78, 5) is 23.0. The van der Waals surface area contributed by atoms with Crippen molar-refractivity contribution in [2.24, 2.45) is 0 Å². The van der Waals surface area contributed by atoms with E-state index in [0.29, 0.717) is 36.8 Å². The SMILES string of the molecule is C#Cc1ccccc1C1(C(=O)O)CCC(=O)CC1. The summed E-state index contributed by atoms with van der Waals surface area (Å²) in [6.07, 6.45) is 6.72. The Hall–Kier alpha value is -2.08. The zero-order valence-electron chi connectivity index (χ0n) is 9.98. The lowest BCUT2D eigenvalue weighted by Gasteiger charge is -2.33. The minimum absolute atomic E-state index is 0.130. The molecule has 2 rings (SSSR count). The summed E-state index contributed by atoms with van der Waals surface area (Å²) in [6, 6.07) is 7.09. The fraction of sp³-hybridized carbons (Fsp3) is 0.333. The van der Waals surface area contributed by atoms with Crippen LogP contribution in [0.3, 0.4) is 0 Å². The first-order chi connectivity index (χ1) is 8.60. The molecule has 0 unspecified atom stereocenters. The zero-order chi connectivity index (χ0) is 13.2. The van der Waals surface area contributed by atoms with Crippen LogP contribution in [0.25, 0.3) is 0 Å². The molecular weight excluding hydrogens is 228 g/mol. The van der Waals surface area contributed by atoms with Gasteiger partial charge in [0.1, 0.15) is 5.78 Å². The topological polar surface area (TPSA) is 54.4 Å². The van der Waals surface area contributed by atoms with Gasteiger partial charge in [0.25, 0.3) is 0 Å². The Morgan fingerprint density at radius 3 is 2.44 bits per heavy atom. The molecule has 1 aromatic carbocycles. The summed E-state index contributed by atoms with van der Waals surface area (Å²) in [5, 5.41) is 9.57. The second kappa shape index (κ2) is 4.66. The van der Waals surface area contributed by atoms with E-state index in [-0.39, 0.29) is 5.78 Å². The third-order valence-electron chi connectivity index (χ3n) is 3.67. The summed E-state index contributed by atoms with van der Waals surface area (Å²) in [5.74, 6) is 1.77. The van der Waals surface area contributed by atoms with Gasteiger partial charge in [0, 0.05) is 18.4 Å². The van der Waals surface area contributed by atoms with Crippen molar-refractivity contribution in [2.75, 3.05) is 0 Å². The lowest BCUT2D eigenvalue weighted by atomic mass is 9.68. The Balaban J connectivity index is 2.52. The van der Waals surface area contributed by atoms with Crippen molar-refractivity contribution in [3.63, 3.8) is 0 Å². The number of aliphatic carboxylic acids is 1. The third-order valence-corrected chi connectivity index (χ3v) is 3.67. The largest absolute Gasteiger partial charge is 0.481 e. The molecule has 0 spiro atoms. The molecule has 1 aliphatic rings. The number of carbonyl (C=O) groups excluding carboxylic acids is 1. The smallest absolute Gasteiger partial charge is 0.314 e. The molecule has 0 aromatic heterocycles. The van der Waals surface area contributed by atoms with Crippen molar-refractivity contribution in [3.05, 3.63) is 35.4 Å². The first kappa shape index (κ1) is 12.4. The molecule has 3 heteroatoms. The maximum absolute atomic E-state index is 11.7. The van der Waals surface area contributed by atoms with Crippen molar-refractivity contribution < 1.29 is 14.7 Å². The van der Waals surface area contributed by atoms with Gasteiger partial charge in [0.15, 0.2) is 0 Å². The molecule has 1 aliphatic carbocycles. The predicted octanol–water partition coefficient (Wildman–Crippen LogP) is 2.13. The van der Waals surface area contributed by atoms with Crippen LogP contribution in [-0.2, 0) is 15.0 Å². The van der Waals surface area contributed by atoms with Crippen LogP contribution in [0.15, 0.2) is 24.3 Å². The minimum atomic E-state index is -1.00. The first-order valence-electron chi connectivity index (χ1n) is 5.91.